The van der Waals surface area contributed by atoms with Crippen molar-refractivity contribution in [3.05, 3.63) is 187 Å². The second-order valence-electron chi connectivity index (χ2n) is 12.9. The lowest BCUT2D eigenvalue weighted by molar-refractivity contribution is 0.670. The van der Waals surface area contributed by atoms with Crippen LogP contribution in [-0.2, 0) is 0 Å². The third kappa shape index (κ3) is 5.15. The molecule has 0 bridgehead atoms. The first-order chi connectivity index (χ1) is 25.2. The Balaban J connectivity index is 1.11. The van der Waals surface area contributed by atoms with Crippen molar-refractivity contribution in [1.82, 2.24) is 10.3 Å². The predicted molar refractivity (Wildman–Crippen MR) is 209 cm³/mol. The molecule has 0 spiro atoms. The number of nitrogens with one attached hydrogen (secondary N) is 1. The second-order valence-corrected chi connectivity index (χ2v) is 12.9. The number of aliphatic imine (C=N–C) groups is 2. The molecule has 0 saturated heterocycles. The minimum atomic E-state index is -0.253. The van der Waals surface area contributed by atoms with Gasteiger partial charge in [-0.15, -0.1) is 0 Å². The first-order valence-corrected chi connectivity index (χ1v) is 17.1. The van der Waals surface area contributed by atoms with Crippen LogP contribution in [0.3, 0.4) is 0 Å². The quantitative estimate of drug-likeness (QED) is 0.201. The van der Waals surface area contributed by atoms with Gasteiger partial charge in [0.2, 0.25) is 0 Å². The molecule has 0 radical (unpaired) electrons. The Labute approximate surface area is 294 Å². The van der Waals surface area contributed by atoms with Gasteiger partial charge in [0.1, 0.15) is 23.2 Å². The van der Waals surface area contributed by atoms with Gasteiger partial charge in [-0.05, 0) is 63.4 Å². The fraction of sp³-hybridized carbons (Fsp3) is 0.0217. The number of hydrogen-bond acceptors (Lipinski definition) is 5. The van der Waals surface area contributed by atoms with E-state index in [0.717, 1.165) is 77.6 Å². The van der Waals surface area contributed by atoms with Crippen molar-refractivity contribution in [2.24, 2.45) is 9.98 Å². The molecular weight excluding hydrogens is 625 g/mol. The van der Waals surface area contributed by atoms with E-state index < -0.39 is 0 Å². The Kier molecular flexibility index (Phi) is 6.81. The Morgan fingerprint density at radius 1 is 0.529 bits per heavy atom. The predicted octanol–water partition coefficient (Wildman–Crippen LogP) is 11.1. The minimum Gasteiger partial charge on any atom is -0.455 e. The molecule has 3 heterocycles. The largest absolute Gasteiger partial charge is 0.455 e. The summed E-state index contributed by atoms with van der Waals surface area (Å²) in [6, 6.07) is 56.9. The molecule has 9 aromatic rings. The molecule has 5 nitrogen and oxygen atoms in total. The molecule has 1 atom stereocenters. The maximum Gasteiger partial charge on any atom is 0.159 e. The summed E-state index contributed by atoms with van der Waals surface area (Å²) >= 11 is 0. The topological polar surface area (TPSA) is 62.8 Å². The van der Waals surface area contributed by atoms with Gasteiger partial charge in [0.15, 0.2) is 5.84 Å². The van der Waals surface area contributed by atoms with Gasteiger partial charge in [-0.25, -0.2) is 9.98 Å². The van der Waals surface area contributed by atoms with Gasteiger partial charge in [-0.2, -0.15) is 0 Å². The number of amidine groups is 2. The van der Waals surface area contributed by atoms with Crippen molar-refractivity contribution in [3.63, 3.8) is 0 Å². The first kappa shape index (κ1) is 29.1. The van der Waals surface area contributed by atoms with Gasteiger partial charge in [-0.3, -0.25) is 4.98 Å². The monoisotopic (exact) mass is 654 g/mol. The van der Waals surface area contributed by atoms with E-state index in [1.807, 2.05) is 48.7 Å². The molecule has 1 aliphatic rings. The fourth-order valence-corrected chi connectivity index (χ4v) is 7.20. The van der Waals surface area contributed by atoms with E-state index >= 15 is 0 Å². The molecule has 5 heteroatoms. The van der Waals surface area contributed by atoms with E-state index in [1.54, 1.807) is 0 Å². The third-order valence-electron chi connectivity index (χ3n) is 9.76. The van der Waals surface area contributed by atoms with Crippen LogP contribution < -0.4 is 5.32 Å². The van der Waals surface area contributed by atoms with Gasteiger partial charge in [-0.1, -0.05) is 133 Å². The highest BCUT2D eigenvalue weighted by molar-refractivity contribution is 6.19. The van der Waals surface area contributed by atoms with Gasteiger partial charge in [0.05, 0.1) is 5.52 Å². The van der Waals surface area contributed by atoms with Crippen LogP contribution in [0.15, 0.2) is 184 Å². The molecule has 7 aromatic carbocycles. The van der Waals surface area contributed by atoms with Crippen LogP contribution in [0.2, 0.25) is 0 Å². The van der Waals surface area contributed by atoms with E-state index in [4.69, 9.17) is 14.4 Å². The summed E-state index contributed by atoms with van der Waals surface area (Å²) in [7, 11) is 0. The van der Waals surface area contributed by atoms with Crippen molar-refractivity contribution >= 4 is 55.3 Å². The van der Waals surface area contributed by atoms with Crippen LogP contribution >= 0.6 is 0 Å². The van der Waals surface area contributed by atoms with Crippen LogP contribution in [0.5, 0.6) is 0 Å². The van der Waals surface area contributed by atoms with Crippen LogP contribution in [-0.4, -0.2) is 16.7 Å². The summed E-state index contributed by atoms with van der Waals surface area (Å²) in [5.74, 6) is 1.49. The zero-order chi connectivity index (χ0) is 33.7. The lowest BCUT2D eigenvalue weighted by Gasteiger charge is -2.23. The fourth-order valence-electron chi connectivity index (χ4n) is 7.20. The zero-order valence-electron chi connectivity index (χ0n) is 27.5. The van der Waals surface area contributed by atoms with Crippen LogP contribution in [0, 0.1) is 0 Å². The molecule has 2 aromatic heterocycles. The minimum absolute atomic E-state index is 0.253. The standard InChI is InChI=1S/C46H30N4O/c1-3-11-31(12-4-1)44-48-45(32-13-5-2-6-14-32)50-46(49-44)33-20-18-30(19-21-33)37-23-24-38(35-22-17-29-10-7-8-15-34(29)26-35)43-42(37)39-28-40-36(16-9-25-47-40)27-41(39)51-43/h1-28,44H,(H,48,49,50). The van der Waals surface area contributed by atoms with E-state index in [1.165, 1.54) is 10.8 Å². The van der Waals surface area contributed by atoms with Crippen molar-refractivity contribution in [2.75, 3.05) is 0 Å². The third-order valence-corrected chi connectivity index (χ3v) is 9.76. The van der Waals surface area contributed by atoms with Gasteiger partial charge < -0.3 is 9.73 Å². The maximum atomic E-state index is 6.78. The normalized spacial score (nSPS) is 14.5. The second kappa shape index (κ2) is 11.9. The highest BCUT2D eigenvalue weighted by Gasteiger charge is 2.22. The number of rotatable bonds is 5. The lowest BCUT2D eigenvalue weighted by Crippen LogP contribution is -2.33. The average Bonchev–Trinajstić information content (AvgIpc) is 3.58. The number of benzene rings is 7. The first-order valence-electron chi connectivity index (χ1n) is 17.1. The summed E-state index contributed by atoms with van der Waals surface area (Å²) < 4.78 is 6.78. The van der Waals surface area contributed by atoms with E-state index in [9.17, 15) is 0 Å². The number of furan rings is 1. The smallest absolute Gasteiger partial charge is 0.159 e. The Bertz CT molecular complexity index is 2820. The van der Waals surface area contributed by atoms with Gasteiger partial charge >= 0.3 is 0 Å². The lowest BCUT2D eigenvalue weighted by atomic mass is 9.93. The summed E-state index contributed by atoms with van der Waals surface area (Å²) in [5, 5.41) is 9.17. The summed E-state index contributed by atoms with van der Waals surface area (Å²) in [5.41, 5.74) is 10.1. The number of nitrogens with zero attached hydrogens (tertiary/aromatic N) is 3. The average molecular weight is 655 g/mol. The molecule has 51 heavy (non-hydrogen) atoms. The number of pyridine rings is 1. The van der Waals surface area contributed by atoms with Gasteiger partial charge in [0.25, 0.3) is 0 Å². The summed E-state index contributed by atoms with van der Waals surface area (Å²) in [6.07, 6.45) is 1.59. The Hall–Kier alpha value is -6.85. The maximum absolute atomic E-state index is 6.78. The SMILES string of the molecule is c1ccc(C2=NC(c3ccccc3)NC(c3ccc(-c4ccc(-c5ccc6ccccc6c5)c5oc6cc7cccnc7cc6c45)cc3)=N2)cc1. The molecule has 1 N–H and O–H groups in total. The van der Waals surface area contributed by atoms with E-state index in [2.05, 4.69) is 132 Å². The molecule has 0 amide bonds. The van der Waals surface area contributed by atoms with Crippen molar-refractivity contribution in [1.29, 1.82) is 0 Å². The van der Waals surface area contributed by atoms with Crippen LogP contribution in [0.1, 0.15) is 22.9 Å². The molecular formula is C46H30N4O. The molecule has 0 saturated carbocycles. The highest BCUT2D eigenvalue weighted by Crippen LogP contribution is 2.43. The number of aromatic nitrogens is 1. The van der Waals surface area contributed by atoms with E-state index in [0.29, 0.717) is 5.84 Å². The molecule has 240 valence electrons. The zero-order valence-corrected chi connectivity index (χ0v) is 27.5. The van der Waals surface area contributed by atoms with E-state index in [-0.39, 0.29) is 6.17 Å². The number of hydrogen-bond donors (Lipinski definition) is 1. The van der Waals surface area contributed by atoms with Crippen LogP contribution in [0.25, 0.3) is 65.9 Å². The molecule has 0 aliphatic carbocycles. The molecule has 1 unspecified atom stereocenters. The van der Waals surface area contributed by atoms with Crippen molar-refractivity contribution in [2.45, 2.75) is 6.17 Å². The number of fused-ring (bicyclic) bond motifs is 5. The van der Waals surface area contributed by atoms with Crippen molar-refractivity contribution in [3.8, 4) is 22.3 Å². The Morgan fingerprint density at radius 2 is 1.24 bits per heavy atom. The summed E-state index contributed by atoms with van der Waals surface area (Å²) in [4.78, 5) is 14.7. The van der Waals surface area contributed by atoms with Gasteiger partial charge in [0, 0.05) is 39.0 Å². The summed E-state index contributed by atoms with van der Waals surface area (Å²) in [6.45, 7) is 0. The Morgan fingerprint density at radius 3 is 2.08 bits per heavy atom. The van der Waals surface area contributed by atoms with Crippen molar-refractivity contribution < 1.29 is 4.42 Å². The highest BCUT2D eigenvalue weighted by atomic mass is 16.3. The molecule has 10 rings (SSSR count). The van der Waals surface area contributed by atoms with Crippen LogP contribution in [0.4, 0.5) is 0 Å². The molecule has 1 aliphatic heterocycles. The molecule has 0 fully saturated rings.